The smallest absolute Gasteiger partial charge is 0.240 e. The number of benzene rings is 1. The topological polar surface area (TPSA) is 127 Å². The van der Waals surface area contributed by atoms with Crippen LogP contribution < -0.4 is 10.6 Å². The predicted octanol–water partition coefficient (Wildman–Crippen LogP) is 0.453. The molecule has 3 unspecified atom stereocenters. The molecule has 2 amide bonds. The van der Waals surface area contributed by atoms with E-state index in [0.717, 1.165) is 0 Å². The van der Waals surface area contributed by atoms with E-state index in [2.05, 4.69) is 15.6 Å². The van der Waals surface area contributed by atoms with Gasteiger partial charge in [-0.25, -0.2) is 0 Å². The average molecular weight is 339 g/mol. The van der Waals surface area contributed by atoms with Gasteiger partial charge in [0.25, 0.3) is 0 Å². The lowest BCUT2D eigenvalue weighted by atomic mass is 9.61. The molecule has 1 aromatic rings. The van der Waals surface area contributed by atoms with Crippen LogP contribution in [0, 0.1) is 28.6 Å². The van der Waals surface area contributed by atoms with Gasteiger partial charge in [0.2, 0.25) is 28.7 Å². The Kier molecular flexibility index (Phi) is 2.83. The summed E-state index contributed by atoms with van der Waals surface area (Å²) in [5, 5.41) is 22.7. The standard InChI is InChI=1S/C15H9N5O3S/c16-5-7-10(17)23-12-9(11(21)19-14(24)20-12)15(7)6-3-1-2-4-8(6)18-13(15)22/h1-4,7,9,17H,(H,18,22)(H,19,21,24). The molecular formula is C15H9N5O3S. The molecule has 0 bridgehead atoms. The molecule has 118 valence electrons. The molecule has 3 atom stereocenters. The van der Waals surface area contributed by atoms with Crippen LogP contribution >= 0.6 is 12.2 Å². The van der Waals surface area contributed by atoms with Gasteiger partial charge in [0.1, 0.15) is 17.3 Å². The van der Waals surface area contributed by atoms with Gasteiger partial charge in [0.05, 0.1) is 6.07 Å². The minimum absolute atomic E-state index is 0.101. The number of amides is 2. The van der Waals surface area contributed by atoms with Crippen LogP contribution in [-0.2, 0) is 19.7 Å². The summed E-state index contributed by atoms with van der Waals surface area (Å²) in [6, 6.07) is 8.72. The van der Waals surface area contributed by atoms with E-state index in [9.17, 15) is 14.9 Å². The number of rotatable bonds is 0. The van der Waals surface area contributed by atoms with Gasteiger partial charge in [0.15, 0.2) is 0 Å². The molecule has 0 aromatic heterocycles. The fourth-order valence-corrected chi connectivity index (χ4v) is 3.74. The van der Waals surface area contributed by atoms with E-state index in [4.69, 9.17) is 22.4 Å². The highest BCUT2D eigenvalue weighted by Gasteiger charge is 2.67. The number of nitrogens with one attached hydrogen (secondary N) is 3. The second kappa shape index (κ2) is 4.69. The van der Waals surface area contributed by atoms with Gasteiger partial charge in [0, 0.05) is 5.69 Å². The predicted molar refractivity (Wildman–Crippen MR) is 86.3 cm³/mol. The first-order chi connectivity index (χ1) is 11.5. The number of ether oxygens (including phenoxy) is 1. The second-order valence-corrected chi connectivity index (χ2v) is 5.96. The molecule has 1 fully saturated rings. The van der Waals surface area contributed by atoms with E-state index in [1.54, 1.807) is 24.3 Å². The monoisotopic (exact) mass is 339 g/mol. The lowest BCUT2D eigenvalue weighted by Crippen LogP contribution is -2.64. The third kappa shape index (κ3) is 1.58. The Balaban J connectivity index is 2.06. The van der Waals surface area contributed by atoms with E-state index in [0.29, 0.717) is 11.3 Å². The van der Waals surface area contributed by atoms with Crippen LogP contribution in [0.3, 0.4) is 0 Å². The van der Waals surface area contributed by atoms with Gasteiger partial charge < -0.3 is 15.4 Å². The molecule has 1 spiro atoms. The fourth-order valence-electron chi connectivity index (χ4n) is 3.55. The number of para-hydroxylation sites is 1. The fraction of sp³-hybridized carbons (Fsp3) is 0.200. The quantitative estimate of drug-likeness (QED) is 0.592. The third-order valence-electron chi connectivity index (χ3n) is 4.46. The second-order valence-electron chi connectivity index (χ2n) is 5.57. The Morgan fingerprint density at radius 1 is 1.33 bits per heavy atom. The molecule has 3 N–H and O–H groups in total. The number of anilines is 1. The van der Waals surface area contributed by atoms with Crippen molar-refractivity contribution < 1.29 is 14.3 Å². The summed E-state index contributed by atoms with van der Waals surface area (Å²) in [6.45, 7) is 0. The van der Waals surface area contributed by atoms with Crippen LogP contribution in [0.1, 0.15) is 5.56 Å². The molecule has 24 heavy (non-hydrogen) atoms. The lowest BCUT2D eigenvalue weighted by molar-refractivity contribution is -0.132. The number of nitriles is 1. The maximum atomic E-state index is 12.9. The number of thiocarbonyl (C=S) groups is 1. The van der Waals surface area contributed by atoms with Gasteiger partial charge in [-0.1, -0.05) is 18.2 Å². The zero-order valence-electron chi connectivity index (χ0n) is 12.0. The Morgan fingerprint density at radius 3 is 2.83 bits per heavy atom. The maximum absolute atomic E-state index is 12.9. The highest BCUT2D eigenvalue weighted by molar-refractivity contribution is 7.80. The van der Waals surface area contributed by atoms with Crippen molar-refractivity contribution in [2.75, 3.05) is 5.32 Å². The van der Waals surface area contributed by atoms with Gasteiger partial charge in [-0.3, -0.25) is 15.0 Å². The zero-order chi connectivity index (χ0) is 17.1. The van der Waals surface area contributed by atoms with Crippen LogP contribution in [0.4, 0.5) is 5.69 Å². The summed E-state index contributed by atoms with van der Waals surface area (Å²) in [5.41, 5.74) is -0.646. The largest absolute Gasteiger partial charge is 0.427 e. The highest BCUT2D eigenvalue weighted by atomic mass is 32.1. The number of hydrogen-bond acceptors (Lipinski definition) is 6. The molecule has 1 saturated heterocycles. The van der Waals surface area contributed by atoms with E-state index < -0.39 is 35.0 Å². The van der Waals surface area contributed by atoms with Gasteiger partial charge in [-0.15, -0.1) is 0 Å². The Bertz CT molecular complexity index is 918. The minimum Gasteiger partial charge on any atom is -0.427 e. The summed E-state index contributed by atoms with van der Waals surface area (Å²) in [6.07, 6.45) is 0. The molecule has 1 aromatic carbocycles. The molecule has 9 heteroatoms. The molecular weight excluding hydrogens is 330 g/mol. The molecule has 4 rings (SSSR count). The van der Waals surface area contributed by atoms with Crippen LogP contribution in [-0.4, -0.2) is 28.7 Å². The normalized spacial score (nSPS) is 30.5. The van der Waals surface area contributed by atoms with Gasteiger partial charge in [-0.2, -0.15) is 10.3 Å². The van der Waals surface area contributed by atoms with Crippen molar-refractivity contribution >= 4 is 46.6 Å². The van der Waals surface area contributed by atoms with Crippen molar-refractivity contribution in [1.82, 2.24) is 5.32 Å². The summed E-state index contributed by atoms with van der Waals surface area (Å²) >= 11 is 4.88. The molecule has 0 radical (unpaired) electrons. The minimum atomic E-state index is -1.61. The summed E-state index contributed by atoms with van der Waals surface area (Å²) in [7, 11) is 0. The molecule has 3 aliphatic heterocycles. The van der Waals surface area contributed by atoms with Crippen LogP contribution in [0.5, 0.6) is 0 Å². The van der Waals surface area contributed by atoms with Gasteiger partial charge >= 0.3 is 0 Å². The van der Waals surface area contributed by atoms with Gasteiger partial charge in [-0.05, 0) is 23.8 Å². The lowest BCUT2D eigenvalue weighted by Gasteiger charge is -2.42. The average Bonchev–Trinajstić information content (AvgIpc) is 2.80. The number of aliphatic imine (C=N–C) groups is 1. The molecule has 3 aliphatic rings. The van der Waals surface area contributed by atoms with E-state index >= 15 is 0 Å². The number of carbonyl (C=O) groups is 2. The third-order valence-corrected chi connectivity index (χ3v) is 4.66. The van der Waals surface area contributed by atoms with Crippen LogP contribution in [0.15, 0.2) is 29.3 Å². The van der Waals surface area contributed by atoms with Crippen LogP contribution in [0.25, 0.3) is 0 Å². The Morgan fingerprint density at radius 2 is 2.08 bits per heavy atom. The SMILES string of the molecule is N#CC1C(=N)OC2=NC(=S)NC(=O)C2C12C(=O)Nc1ccccc12. The molecule has 0 aliphatic carbocycles. The van der Waals surface area contributed by atoms with E-state index in [-0.39, 0.29) is 11.0 Å². The molecule has 3 heterocycles. The van der Waals surface area contributed by atoms with Crippen molar-refractivity contribution in [3.05, 3.63) is 29.8 Å². The van der Waals surface area contributed by atoms with Crippen molar-refractivity contribution in [2.24, 2.45) is 16.8 Å². The summed E-state index contributed by atoms with van der Waals surface area (Å²) < 4.78 is 5.27. The van der Waals surface area contributed by atoms with Crippen molar-refractivity contribution in [3.63, 3.8) is 0 Å². The van der Waals surface area contributed by atoms with E-state index in [1.165, 1.54) is 0 Å². The zero-order valence-corrected chi connectivity index (χ0v) is 12.8. The molecule has 0 saturated carbocycles. The van der Waals surface area contributed by atoms with Crippen LogP contribution in [0.2, 0.25) is 0 Å². The number of fused-ring (bicyclic) bond motifs is 4. The highest BCUT2D eigenvalue weighted by Crippen LogP contribution is 2.51. The Hall–Kier alpha value is -3.12. The molecule has 8 nitrogen and oxygen atoms in total. The number of nitrogens with zero attached hydrogens (tertiary/aromatic N) is 2. The van der Waals surface area contributed by atoms with Crippen molar-refractivity contribution in [1.29, 1.82) is 10.7 Å². The van der Waals surface area contributed by atoms with Crippen molar-refractivity contribution in [2.45, 2.75) is 5.41 Å². The first-order valence-electron chi connectivity index (χ1n) is 7.00. The number of hydrogen-bond donors (Lipinski definition) is 3. The summed E-state index contributed by atoms with van der Waals surface area (Å²) in [5.74, 6) is -4.12. The van der Waals surface area contributed by atoms with Crippen molar-refractivity contribution in [3.8, 4) is 6.07 Å². The summed E-state index contributed by atoms with van der Waals surface area (Å²) in [4.78, 5) is 29.5. The first kappa shape index (κ1) is 14.5. The van der Waals surface area contributed by atoms with E-state index in [1.807, 2.05) is 6.07 Å². The number of carbonyl (C=O) groups excluding carboxylic acids is 2. The first-order valence-corrected chi connectivity index (χ1v) is 7.41. The maximum Gasteiger partial charge on any atom is 0.240 e. The Labute approximate surface area is 141 Å².